The highest BCUT2D eigenvalue weighted by atomic mass is 14.8. The number of aliphatic imine (C=N–C) groups is 1. The number of rotatable bonds is 3. The zero-order chi connectivity index (χ0) is 19.9. The SMILES string of the molecule is Cc1ccc(N=C(C#Cc2ccccc2)c2cc(-c3ccccc3)ccn2)cc1. The molecule has 0 bridgehead atoms. The Morgan fingerprint density at radius 2 is 1.45 bits per heavy atom. The molecule has 4 aromatic rings. The van der Waals surface area contributed by atoms with Gasteiger partial charge in [-0.1, -0.05) is 72.1 Å². The third-order valence-electron chi connectivity index (χ3n) is 4.48. The van der Waals surface area contributed by atoms with Crippen molar-refractivity contribution in [2.24, 2.45) is 4.99 Å². The summed E-state index contributed by atoms with van der Waals surface area (Å²) in [4.78, 5) is 9.36. The molecule has 138 valence electrons. The van der Waals surface area contributed by atoms with Crippen molar-refractivity contribution in [2.45, 2.75) is 6.92 Å². The van der Waals surface area contributed by atoms with Gasteiger partial charge in [0.2, 0.25) is 0 Å². The molecule has 0 atom stereocenters. The minimum Gasteiger partial charge on any atom is -0.254 e. The van der Waals surface area contributed by atoms with Crippen molar-refractivity contribution in [2.75, 3.05) is 0 Å². The van der Waals surface area contributed by atoms with Crippen LogP contribution in [0.3, 0.4) is 0 Å². The largest absolute Gasteiger partial charge is 0.254 e. The molecular weight excluding hydrogens is 352 g/mol. The molecule has 1 heterocycles. The standard InChI is InChI=1S/C27H20N2/c1-21-12-15-25(16-13-21)29-26(17-14-22-8-4-2-5-9-22)27-20-24(18-19-28-27)23-10-6-3-7-11-23/h2-13,15-16,18-20H,1H3. The van der Waals surface area contributed by atoms with Gasteiger partial charge in [0.1, 0.15) is 5.71 Å². The topological polar surface area (TPSA) is 25.2 Å². The summed E-state index contributed by atoms with van der Waals surface area (Å²) >= 11 is 0. The van der Waals surface area contributed by atoms with E-state index >= 15 is 0 Å². The zero-order valence-electron chi connectivity index (χ0n) is 16.2. The summed E-state index contributed by atoms with van der Waals surface area (Å²) < 4.78 is 0. The van der Waals surface area contributed by atoms with Crippen LogP contribution in [0, 0.1) is 18.8 Å². The van der Waals surface area contributed by atoms with Crippen LogP contribution in [0.15, 0.2) is 108 Å². The van der Waals surface area contributed by atoms with Gasteiger partial charge in [0, 0.05) is 11.8 Å². The first-order valence-corrected chi connectivity index (χ1v) is 9.52. The van der Waals surface area contributed by atoms with E-state index in [2.05, 4.69) is 48.0 Å². The summed E-state index contributed by atoms with van der Waals surface area (Å²) in [7, 11) is 0. The quantitative estimate of drug-likeness (QED) is 0.309. The van der Waals surface area contributed by atoms with E-state index in [9.17, 15) is 0 Å². The van der Waals surface area contributed by atoms with Gasteiger partial charge in [-0.3, -0.25) is 4.98 Å². The first kappa shape index (κ1) is 18.4. The molecule has 2 heteroatoms. The average molecular weight is 372 g/mol. The number of aryl methyl sites for hydroxylation is 1. The van der Waals surface area contributed by atoms with Gasteiger partial charge in [0.25, 0.3) is 0 Å². The molecule has 0 aliphatic carbocycles. The molecule has 2 nitrogen and oxygen atoms in total. The minimum atomic E-state index is 0.649. The molecule has 1 aromatic heterocycles. The van der Waals surface area contributed by atoms with Gasteiger partial charge < -0.3 is 0 Å². The molecule has 0 amide bonds. The Bertz CT molecular complexity index is 1180. The smallest absolute Gasteiger partial charge is 0.139 e. The normalized spacial score (nSPS) is 10.9. The van der Waals surface area contributed by atoms with Crippen LogP contribution in [0.25, 0.3) is 11.1 Å². The Kier molecular flexibility index (Phi) is 5.60. The lowest BCUT2D eigenvalue weighted by molar-refractivity contribution is 1.29. The molecule has 4 rings (SSSR count). The first-order chi connectivity index (χ1) is 14.3. The Balaban J connectivity index is 1.78. The molecular formula is C27H20N2. The highest BCUT2D eigenvalue weighted by molar-refractivity contribution is 6.13. The fourth-order valence-electron chi connectivity index (χ4n) is 2.92. The van der Waals surface area contributed by atoms with E-state index < -0.39 is 0 Å². The summed E-state index contributed by atoms with van der Waals surface area (Å²) in [6.45, 7) is 2.06. The molecule has 0 spiro atoms. The second kappa shape index (κ2) is 8.82. The molecule has 29 heavy (non-hydrogen) atoms. The van der Waals surface area contributed by atoms with E-state index in [1.54, 1.807) is 0 Å². The lowest BCUT2D eigenvalue weighted by Gasteiger charge is -2.05. The lowest BCUT2D eigenvalue weighted by Crippen LogP contribution is -2.01. The van der Waals surface area contributed by atoms with Crippen molar-refractivity contribution in [3.05, 3.63) is 120 Å². The van der Waals surface area contributed by atoms with Crippen molar-refractivity contribution >= 4 is 11.4 Å². The van der Waals surface area contributed by atoms with Crippen LogP contribution < -0.4 is 0 Å². The van der Waals surface area contributed by atoms with Gasteiger partial charge in [-0.05, 0) is 60.4 Å². The van der Waals surface area contributed by atoms with Gasteiger partial charge in [-0.2, -0.15) is 0 Å². The molecule has 0 aliphatic heterocycles. The summed E-state index contributed by atoms with van der Waals surface area (Å²) in [5, 5.41) is 0. The van der Waals surface area contributed by atoms with E-state index in [0.717, 1.165) is 28.1 Å². The molecule has 3 aromatic carbocycles. The maximum atomic E-state index is 4.80. The van der Waals surface area contributed by atoms with Crippen LogP contribution in [0.5, 0.6) is 0 Å². The summed E-state index contributed by atoms with van der Waals surface area (Å²) in [5.74, 6) is 6.44. The molecule has 0 aliphatic rings. The zero-order valence-corrected chi connectivity index (χ0v) is 16.2. The van der Waals surface area contributed by atoms with Crippen molar-refractivity contribution in [3.8, 4) is 23.0 Å². The van der Waals surface area contributed by atoms with Gasteiger partial charge in [0.15, 0.2) is 0 Å². The number of benzene rings is 3. The van der Waals surface area contributed by atoms with Crippen molar-refractivity contribution in [1.82, 2.24) is 4.98 Å². The third kappa shape index (κ3) is 4.86. The summed E-state index contributed by atoms with van der Waals surface area (Å²) in [6.07, 6.45) is 1.81. The maximum Gasteiger partial charge on any atom is 0.139 e. The molecule has 0 saturated heterocycles. The summed E-state index contributed by atoms with van der Waals surface area (Å²) in [5.41, 5.74) is 6.65. The molecule has 0 fully saturated rings. The van der Waals surface area contributed by atoms with Gasteiger partial charge in [-0.25, -0.2) is 4.99 Å². The highest BCUT2D eigenvalue weighted by Gasteiger charge is 2.06. The molecule has 0 unspecified atom stereocenters. The van der Waals surface area contributed by atoms with Crippen molar-refractivity contribution in [3.63, 3.8) is 0 Å². The highest BCUT2D eigenvalue weighted by Crippen LogP contribution is 2.20. The number of aromatic nitrogens is 1. The van der Waals surface area contributed by atoms with Crippen molar-refractivity contribution in [1.29, 1.82) is 0 Å². The minimum absolute atomic E-state index is 0.649. The van der Waals surface area contributed by atoms with E-state index in [-0.39, 0.29) is 0 Å². The fraction of sp³-hybridized carbons (Fsp3) is 0.0370. The van der Waals surface area contributed by atoms with Crippen LogP contribution in [0.4, 0.5) is 5.69 Å². The van der Waals surface area contributed by atoms with E-state index in [4.69, 9.17) is 4.99 Å². The number of pyridine rings is 1. The molecule has 0 saturated carbocycles. The monoisotopic (exact) mass is 372 g/mol. The molecule has 0 radical (unpaired) electrons. The third-order valence-corrected chi connectivity index (χ3v) is 4.48. The fourth-order valence-corrected chi connectivity index (χ4v) is 2.92. The Morgan fingerprint density at radius 3 is 2.17 bits per heavy atom. The second-order valence-electron chi connectivity index (χ2n) is 6.71. The predicted octanol–water partition coefficient (Wildman–Crippen LogP) is 6.23. The van der Waals surface area contributed by atoms with Crippen LogP contribution >= 0.6 is 0 Å². The number of nitrogens with zero attached hydrogens (tertiary/aromatic N) is 2. The predicted molar refractivity (Wildman–Crippen MR) is 120 cm³/mol. The van der Waals surface area contributed by atoms with Crippen molar-refractivity contribution < 1.29 is 0 Å². The van der Waals surface area contributed by atoms with E-state index in [1.807, 2.05) is 79.0 Å². The molecule has 0 N–H and O–H groups in total. The Labute approximate surface area is 171 Å². The first-order valence-electron chi connectivity index (χ1n) is 9.52. The van der Waals surface area contributed by atoms with Crippen LogP contribution in [0.2, 0.25) is 0 Å². The lowest BCUT2D eigenvalue weighted by atomic mass is 10.0. The number of hydrogen-bond acceptors (Lipinski definition) is 2. The Morgan fingerprint density at radius 1 is 0.759 bits per heavy atom. The van der Waals surface area contributed by atoms with E-state index in [0.29, 0.717) is 5.71 Å². The average Bonchev–Trinajstić information content (AvgIpc) is 2.79. The van der Waals surface area contributed by atoms with Gasteiger partial charge >= 0.3 is 0 Å². The Hall–Kier alpha value is -3.96. The van der Waals surface area contributed by atoms with E-state index in [1.165, 1.54) is 5.56 Å². The van der Waals surface area contributed by atoms with Crippen LogP contribution in [0.1, 0.15) is 16.8 Å². The summed E-state index contributed by atoms with van der Waals surface area (Å²) in [6, 6.07) is 32.3. The van der Waals surface area contributed by atoms with Crippen LogP contribution in [-0.4, -0.2) is 10.7 Å². The second-order valence-corrected chi connectivity index (χ2v) is 6.71. The van der Waals surface area contributed by atoms with Gasteiger partial charge in [0.05, 0.1) is 11.4 Å². The number of hydrogen-bond donors (Lipinski definition) is 0. The van der Waals surface area contributed by atoms with Crippen LogP contribution in [-0.2, 0) is 0 Å². The maximum absolute atomic E-state index is 4.80. The van der Waals surface area contributed by atoms with Gasteiger partial charge in [-0.15, -0.1) is 0 Å².